The molecule has 1 rings (SSSR count). The SMILES string of the molecule is Cc1cccc(C(=O)O)c1C.[Hg]. The Morgan fingerprint density at radius 2 is 1.92 bits per heavy atom. The van der Waals surface area contributed by atoms with E-state index in [4.69, 9.17) is 5.11 Å². The van der Waals surface area contributed by atoms with Gasteiger partial charge in [-0.25, -0.2) is 4.79 Å². The molecule has 12 heavy (non-hydrogen) atoms. The molecule has 0 bridgehead atoms. The largest absolute Gasteiger partial charge is 0.478 e. The van der Waals surface area contributed by atoms with Gasteiger partial charge < -0.3 is 5.11 Å². The molecule has 0 unspecified atom stereocenters. The fraction of sp³-hybridized carbons (Fsp3) is 0.222. The summed E-state index contributed by atoms with van der Waals surface area (Å²) in [5.74, 6) is -0.855. The number of hydrogen-bond acceptors (Lipinski definition) is 1. The summed E-state index contributed by atoms with van der Waals surface area (Å²) in [6.45, 7) is 3.72. The second-order valence-electron chi connectivity index (χ2n) is 2.55. The number of aromatic carboxylic acids is 1. The van der Waals surface area contributed by atoms with E-state index < -0.39 is 5.97 Å². The van der Waals surface area contributed by atoms with Gasteiger partial charge in [-0.1, -0.05) is 12.1 Å². The predicted molar refractivity (Wildman–Crippen MR) is 42.9 cm³/mol. The van der Waals surface area contributed by atoms with Gasteiger partial charge in [-0.2, -0.15) is 0 Å². The fourth-order valence-corrected chi connectivity index (χ4v) is 0.983. The summed E-state index contributed by atoms with van der Waals surface area (Å²) < 4.78 is 0. The Morgan fingerprint density at radius 3 is 2.33 bits per heavy atom. The van der Waals surface area contributed by atoms with E-state index in [0.29, 0.717) is 5.56 Å². The van der Waals surface area contributed by atoms with Crippen LogP contribution in [0.25, 0.3) is 0 Å². The maximum absolute atomic E-state index is 10.6. The zero-order chi connectivity index (χ0) is 8.43. The number of hydrogen-bond donors (Lipinski definition) is 1. The molecule has 1 aromatic rings. The van der Waals surface area contributed by atoms with Crippen LogP contribution in [0.2, 0.25) is 0 Å². The molecule has 0 aromatic heterocycles. The molecule has 1 aromatic carbocycles. The molecule has 0 aliphatic carbocycles. The van der Waals surface area contributed by atoms with Gasteiger partial charge >= 0.3 is 5.97 Å². The van der Waals surface area contributed by atoms with Gasteiger partial charge in [0, 0.05) is 27.7 Å². The first-order valence-corrected chi connectivity index (χ1v) is 3.42. The molecular formula is C9H10HgO2. The number of aryl methyl sites for hydroxylation is 1. The van der Waals surface area contributed by atoms with Crippen LogP contribution in [0.4, 0.5) is 0 Å². The average Bonchev–Trinajstić information content (AvgIpc) is 1.94. The van der Waals surface area contributed by atoms with Crippen LogP contribution in [0, 0.1) is 13.8 Å². The van der Waals surface area contributed by atoms with Crippen LogP contribution >= 0.6 is 0 Å². The molecule has 0 atom stereocenters. The smallest absolute Gasteiger partial charge is 0.335 e. The second-order valence-corrected chi connectivity index (χ2v) is 2.55. The Morgan fingerprint density at radius 1 is 1.33 bits per heavy atom. The summed E-state index contributed by atoms with van der Waals surface area (Å²) in [5, 5.41) is 8.69. The van der Waals surface area contributed by atoms with Gasteiger partial charge in [0.25, 0.3) is 0 Å². The predicted octanol–water partition coefficient (Wildman–Crippen LogP) is 2.00. The van der Waals surface area contributed by atoms with Crippen molar-refractivity contribution in [2.75, 3.05) is 0 Å². The third-order valence-electron chi connectivity index (χ3n) is 1.84. The Hall–Kier alpha value is -0.375. The number of carboxylic acids is 1. The normalized spacial score (nSPS) is 8.83. The summed E-state index contributed by atoms with van der Waals surface area (Å²) in [4.78, 5) is 10.6. The van der Waals surface area contributed by atoms with Gasteiger partial charge in [0.2, 0.25) is 0 Å². The van der Waals surface area contributed by atoms with E-state index in [1.807, 2.05) is 19.9 Å². The minimum Gasteiger partial charge on any atom is -0.478 e. The zero-order valence-corrected chi connectivity index (χ0v) is 12.8. The molecule has 0 amide bonds. The van der Waals surface area contributed by atoms with E-state index in [1.165, 1.54) is 0 Å². The molecular weight excluding hydrogens is 341 g/mol. The van der Waals surface area contributed by atoms with E-state index in [1.54, 1.807) is 12.1 Å². The maximum atomic E-state index is 10.6. The first kappa shape index (κ1) is 11.6. The molecule has 2 nitrogen and oxygen atoms in total. The molecule has 0 saturated carbocycles. The average molecular weight is 351 g/mol. The van der Waals surface area contributed by atoms with Crippen LogP contribution < -0.4 is 0 Å². The summed E-state index contributed by atoms with van der Waals surface area (Å²) in [7, 11) is 0. The summed E-state index contributed by atoms with van der Waals surface area (Å²) in [6, 6.07) is 5.28. The minimum absolute atomic E-state index is 0. The van der Waals surface area contributed by atoms with Crippen LogP contribution in [0.5, 0.6) is 0 Å². The maximum Gasteiger partial charge on any atom is 0.335 e. The van der Waals surface area contributed by atoms with Crippen molar-refractivity contribution < 1.29 is 37.6 Å². The van der Waals surface area contributed by atoms with E-state index in [2.05, 4.69) is 0 Å². The second kappa shape index (κ2) is 4.60. The van der Waals surface area contributed by atoms with Gasteiger partial charge in [-0.3, -0.25) is 0 Å². The van der Waals surface area contributed by atoms with Crippen LogP contribution in [0.3, 0.4) is 0 Å². The van der Waals surface area contributed by atoms with Crippen LogP contribution in [-0.4, -0.2) is 11.1 Å². The van der Waals surface area contributed by atoms with Gasteiger partial charge in [-0.05, 0) is 31.0 Å². The molecule has 60 valence electrons. The van der Waals surface area contributed by atoms with Crippen molar-refractivity contribution in [2.24, 2.45) is 0 Å². The van der Waals surface area contributed by atoms with Crippen molar-refractivity contribution in [3.8, 4) is 0 Å². The molecule has 0 spiro atoms. The van der Waals surface area contributed by atoms with Gasteiger partial charge in [0.15, 0.2) is 0 Å². The molecule has 0 radical (unpaired) electrons. The third-order valence-corrected chi connectivity index (χ3v) is 1.84. The van der Waals surface area contributed by atoms with E-state index in [0.717, 1.165) is 11.1 Å². The quantitative estimate of drug-likeness (QED) is 0.787. The molecule has 3 heteroatoms. The van der Waals surface area contributed by atoms with Gasteiger partial charge in [-0.15, -0.1) is 0 Å². The van der Waals surface area contributed by atoms with Crippen molar-refractivity contribution in [1.29, 1.82) is 0 Å². The van der Waals surface area contributed by atoms with Gasteiger partial charge in [0.1, 0.15) is 0 Å². The number of benzene rings is 1. The van der Waals surface area contributed by atoms with Crippen LogP contribution in [-0.2, 0) is 27.7 Å². The monoisotopic (exact) mass is 352 g/mol. The van der Waals surface area contributed by atoms with Crippen LogP contribution in [0.15, 0.2) is 18.2 Å². The van der Waals surface area contributed by atoms with Crippen molar-refractivity contribution in [2.45, 2.75) is 13.8 Å². The van der Waals surface area contributed by atoms with Gasteiger partial charge in [0.05, 0.1) is 5.56 Å². The number of carbonyl (C=O) groups is 1. The molecule has 0 heterocycles. The Labute approximate surface area is 92.1 Å². The first-order valence-electron chi connectivity index (χ1n) is 3.42. The summed E-state index contributed by atoms with van der Waals surface area (Å²) >= 11 is 0. The first-order chi connectivity index (χ1) is 5.13. The third kappa shape index (κ3) is 2.30. The van der Waals surface area contributed by atoms with E-state index in [9.17, 15) is 4.79 Å². The molecule has 0 aliphatic rings. The molecule has 0 fully saturated rings. The fourth-order valence-electron chi connectivity index (χ4n) is 0.983. The van der Waals surface area contributed by atoms with Crippen molar-refractivity contribution >= 4 is 5.97 Å². The standard InChI is InChI=1S/C9H10O2.Hg/c1-6-4-3-5-8(7(6)2)9(10)11;/h3-5H,1-2H3,(H,10,11);. The molecule has 1 N–H and O–H groups in total. The molecule has 0 aliphatic heterocycles. The topological polar surface area (TPSA) is 37.3 Å². The Kier molecular flexibility index (Phi) is 4.46. The molecule has 0 saturated heterocycles. The Bertz CT molecular complexity index is 295. The van der Waals surface area contributed by atoms with E-state index in [-0.39, 0.29) is 27.7 Å². The summed E-state index contributed by atoms with van der Waals surface area (Å²) in [6.07, 6.45) is 0. The van der Waals surface area contributed by atoms with Crippen molar-refractivity contribution in [3.63, 3.8) is 0 Å². The van der Waals surface area contributed by atoms with Crippen molar-refractivity contribution in [1.82, 2.24) is 0 Å². The van der Waals surface area contributed by atoms with Crippen molar-refractivity contribution in [3.05, 3.63) is 34.9 Å². The number of rotatable bonds is 1. The number of carboxylic acid groups (broad SMARTS) is 1. The Balaban J connectivity index is 0.00000121. The van der Waals surface area contributed by atoms with Crippen LogP contribution in [0.1, 0.15) is 21.5 Å². The summed E-state index contributed by atoms with van der Waals surface area (Å²) in [5.41, 5.74) is 2.26. The minimum atomic E-state index is -0.855. The zero-order valence-electron chi connectivity index (χ0n) is 7.29. The van der Waals surface area contributed by atoms with E-state index >= 15 is 0 Å².